The van der Waals surface area contributed by atoms with E-state index in [9.17, 15) is 4.79 Å². The minimum absolute atomic E-state index is 0.132. The Bertz CT molecular complexity index is 966. The number of nitrogens with zero attached hydrogens (tertiary/aromatic N) is 1. The zero-order chi connectivity index (χ0) is 19.6. The van der Waals surface area contributed by atoms with E-state index in [0.717, 1.165) is 11.1 Å². The van der Waals surface area contributed by atoms with Crippen molar-refractivity contribution in [1.82, 2.24) is 10.3 Å². The molecule has 3 rings (SSSR count). The molecule has 0 aliphatic heterocycles. The van der Waals surface area contributed by atoms with Crippen LogP contribution < -0.4 is 5.32 Å². The van der Waals surface area contributed by atoms with E-state index in [0.29, 0.717) is 27.4 Å². The fourth-order valence-corrected chi connectivity index (χ4v) is 3.10. The molecule has 6 heteroatoms. The number of nitrogens with one attached hydrogen (secondary N) is 1. The fourth-order valence-electron chi connectivity index (χ4n) is 2.80. The summed E-state index contributed by atoms with van der Waals surface area (Å²) in [6, 6.07) is 14.9. The fraction of sp³-hybridized carbons (Fsp3) is 0.238. The average Bonchev–Trinajstić information content (AvgIpc) is 2.98. The average molecular weight is 403 g/mol. The summed E-state index contributed by atoms with van der Waals surface area (Å²) in [5, 5.41) is 3.96. The molecule has 0 aliphatic carbocycles. The zero-order valence-electron chi connectivity index (χ0n) is 15.3. The topological polar surface area (TPSA) is 55.1 Å². The van der Waals surface area contributed by atoms with E-state index < -0.39 is 5.54 Å². The Morgan fingerprint density at radius 3 is 2.48 bits per heavy atom. The molecule has 27 heavy (non-hydrogen) atoms. The predicted octanol–water partition coefficient (Wildman–Crippen LogP) is 5.55. The molecule has 0 unspecified atom stereocenters. The van der Waals surface area contributed by atoms with E-state index >= 15 is 0 Å². The maximum absolute atomic E-state index is 12.6. The number of aromatic nitrogens is 1. The van der Waals surface area contributed by atoms with Crippen LogP contribution in [0, 0.1) is 6.92 Å². The summed E-state index contributed by atoms with van der Waals surface area (Å²) in [6.45, 7) is 5.64. The van der Waals surface area contributed by atoms with E-state index in [1.165, 1.54) is 0 Å². The number of oxazole rings is 1. The summed E-state index contributed by atoms with van der Waals surface area (Å²) in [4.78, 5) is 17.1. The van der Waals surface area contributed by atoms with E-state index in [2.05, 4.69) is 10.3 Å². The van der Waals surface area contributed by atoms with Crippen LogP contribution in [0.1, 0.15) is 30.9 Å². The summed E-state index contributed by atoms with van der Waals surface area (Å²) in [6.07, 6.45) is 0.132. The maximum Gasteiger partial charge on any atom is 0.226 e. The number of rotatable bonds is 5. The van der Waals surface area contributed by atoms with E-state index in [1.807, 2.05) is 57.2 Å². The number of carbonyl (C=O) groups is 1. The first-order valence-corrected chi connectivity index (χ1v) is 9.30. The van der Waals surface area contributed by atoms with Gasteiger partial charge in [-0.25, -0.2) is 4.98 Å². The molecule has 3 aromatic rings. The van der Waals surface area contributed by atoms with Gasteiger partial charge in [-0.05, 0) is 50.6 Å². The minimum atomic E-state index is -0.606. The first-order valence-electron chi connectivity index (χ1n) is 8.54. The van der Waals surface area contributed by atoms with Crippen molar-refractivity contribution in [3.05, 3.63) is 75.6 Å². The van der Waals surface area contributed by atoms with Gasteiger partial charge in [-0.15, -0.1) is 0 Å². The van der Waals surface area contributed by atoms with Crippen LogP contribution >= 0.6 is 23.2 Å². The van der Waals surface area contributed by atoms with Crippen LogP contribution in [0.3, 0.4) is 0 Å². The number of hydrogen-bond acceptors (Lipinski definition) is 3. The second-order valence-corrected chi connectivity index (χ2v) is 7.68. The van der Waals surface area contributed by atoms with Gasteiger partial charge in [0.25, 0.3) is 0 Å². The van der Waals surface area contributed by atoms with Gasteiger partial charge in [0.05, 0.1) is 27.7 Å². The van der Waals surface area contributed by atoms with Crippen LogP contribution in [0.4, 0.5) is 0 Å². The van der Waals surface area contributed by atoms with Crippen molar-refractivity contribution in [2.45, 2.75) is 32.7 Å². The molecule has 0 fully saturated rings. The van der Waals surface area contributed by atoms with Gasteiger partial charge in [-0.1, -0.05) is 47.5 Å². The number of benzene rings is 2. The number of amides is 1. The smallest absolute Gasteiger partial charge is 0.226 e. The third kappa shape index (κ3) is 4.52. The molecule has 0 atom stereocenters. The Kier molecular flexibility index (Phi) is 5.59. The quantitative estimate of drug-likeness (QED) is 0.608. The lowest BCUT2D eigenvalue weighted by atomic mass is 9.94. The summed E-state index contributed by atoms with van der Waals surface area (Å²) in [5.74, 6) is 0.998. The molecule has 0 saturated carbocycles. The number of carbonyl (C=O) groups excluding carboxylic acids is 1. The third-order valence-corrected chi connectivity index (χ3v) is 5.07. The van der Waals surface area contributed by atoms with Crippen molar-refractivity contribution in [3.63, 3.8) is 0 Å². The minimum Gasteiger partial charge on any atom is -0.441 e. The zero-order valence-corrected chi connectivity index (χ0v) is 16.9. The van der Waals surface area contributed by atoms with E-state index in [1.54, 1.807) is 12.1 Å². The lowest BCUT2D eigenvalue weighted by Crippen LogP contribution is -2.41. The van der Waals surface area contributed by atoms with Crippen molar-refractivity contribution in [3.8, 4) is 11.5 Å². The van der Waals surface area contributed by atoms with Gasteiger partial charge in [0, 0.05) is 5.56 Å². The molecule has 1 N–H and O–H groups in total. The first-order chi connectivity index (χ1) is 12.8. The lowest BCUT2D eigenvalue weighted by Gasteiger charge is -2.27. The molecule has 1 aromatic heterocycles. The monoisotopic (exact) mass is 402 g/mol. The Balaban J connectivity index is 1.74. The molecule has 4 nitrogen and oxygen atoms in total. The molecule has 0 saturated heterocycles. The van der Waals surface area contributed by atoms with Crippen LogP contribution in [0.5, 0.6) is 0 Å². The van der Waals surface area contributed by atoms with E-state index in [-0.39, 0.29) is 12.3 Å². The molecule has 0 aliphatic rings. The summed E-state index contributed by atoms with van der Waals surface area (Å²) in [5.41, 5.74) is 1.76. The van der Waals surface area contributed by atoms with Crippen molar-refractivity contribution in [1.29, 1.82) is 0 Å². The van der Waals surface area contributed by atoms with Gasteiger partial charge in [-0.2, -0.15) is 0 Å². The number of aryl methyl sites for hydroxylation is 1. The number of halogens is 2. The highest BCUT2D eigenvalue weighted by atomic mass is 35.5. The molecular weight excluding hydrogens is 383 g/mol. The van der Waals surface area contributed by atoms with Crippen molar-refractivity contribution in [2.24, 2.45) is 0 Å². The highest BCUT2D eigenvalue weighted by molar-refractivity contribution is 6.42. The Morgan fingerprint density at radius 1 is 1.11 bits per heavy atom. The van der Waals surface area contributed by atoms with Crippen molar-refractivity contribution < 1.29 is 9.21 Å². The predicted molar refractivity (Wildman–Crippen MR) is 108 cm³/mol. The Morgan fingerprint density at radius 2 is 1.81 bits per heavy atom. The first kappa shape index (κ1) is 19.5. The summed E-state index contributed by atoms with van der Waals surface area (Å²) in [7, 11) is 0. The third-order valence-electron chi connectivity index (χ3n) is 4.33. The molecule has 0 bridgehead atoms. The molecule has 0 spiro atoms. The molecular formula is C21H20Cl2N2O2. The SMILES string of the molecule is Cc1oc(-c2ccccc2)nc1CC(=O)NC(C)(C)c1ccc(Cl)c(Cl)c1. The normalized spacial score (nSPS) is 11.4. The van der Waals surface area contributed by atoms with Crippen LogP contribution in [-0.4, -0.2) is 10.9 Å². The van der Waals surface area contributed by atoms with Crippen molar-refractivity contribution in [2.75, 3.05) is 0 Å². The van der Waals surface area contributed by atoms with Gasteiger partial charge in [0.15, 0.2) is 0 Å². The summed E-state index contributed by atoms with van der Waals surface area (Å²) >= 11 is 12.1. The van der Waals surface area contributed by atoms with E-state index in [4.69, 9.17) is 27.6 Å². The molecule has 1 heterocycles. The van der Waals surface area contributed by atoms with Gasteiger partial charge in [-0.3, -0.25) is 4.79 Å². The molecule has 1 amide bonds. The van der Waals surface area contributed by atoms with Gasteiger partial charge >= 0.3 is 0 Å². The van der Waals surface area contributed by atoms with Crippen LogP contribution in [0.2, 0.25) is 10.0 Å². The molecule has 2 aromatic carbocycles. The molecule has 140 valence electrons. The van der Waals surface area contributed by atoms with Crippen LogP contribution in [0.15, 0.2) is 52.9 Å². The van der Waals surface area contributed by atoms with Crippen LogP contribution in [0.25, 0.3) is 11.5 Å². The molecule has 0 radical (unpaired) electrons. The van der Waals surface area contributed by atoms with Gasteiger partial charge in [0.2, 0.25) is 11.8 Å². The second-order valence-electron chi connectivity index (χ2n) is 6.87. The highest BCUT2D eigenvalue weighted by Gasteiger charge is 2.25. The number of hydrogen-bond donors (Lipinski definition) is 1. The van der Waals surface area contributed by atoms with Crippen LogP contribution in [-0.2, 0) is 16.8 Å². The van der Waals surface area contributed by atoms with Gasteiger partial charge < -0.3 is 9.73 Å². The Hall–Kier alpha value is -2.30. The van der Waals surface area contributed by atoms with Gasteiger partial charge in [0.1, 0.15) is 5.76 Å². The largest absolute Gasteiger partial charge is 0.441 e. The maximum atomic E-state index is 12.6. The highest BCUT2D eigenvalue weighted by Crippen LogP contribution is 2.29. The second kappa shape index (κ2) is 7.75. The van der Waals surface area contributed by atoms with Crippen molar-refractivity contribution >= 4 is 29.1 Å². The summed E-state index contributed by atoms with van der Waals surface area (Å²) < 4.78 is 5.72. The Labute approximate surface area is 168 Å². The standard InChI is InChI=1S/C21H20Cl2N2O2/c1-13-18(24-20(27-13)14-7-5-4-6-8-14)12-19(26)25-21(2,3)15-9-10-16(22)17(23)11-15/h4-11H,12H2,1-3H3,(H,25,26). The lowest BCUT2D eigenvalue weighted by molar-refractivity contribution is -0.122.